The summed E-state index contributed by atoms with van der Waals surface area (Å²) in [4.78, 5) is 23.5. The fraction of sp³-hybridized carbons (Fsp3) is 0.176. The fourth-order valence-electron chi connectivity index (χ4n) is 2.25. The molecule has 0 unspecified atom stereocenters. The number of primary sulfonamides is 1. The Balaban J connectivity index is 2.11. The van der Waals surface area contributed by atoms with Gasteiger partial charge in [0.05, 0.1) is 10.9 Å². The number of amides is 2. The van der Waals surface area contributed by atoms with Crippen LogP contribution >= 0.6 is 0 Å². The van der Waals surface area contributed by atoms with E-state index in [9.17, 15) is 18.0 Å². The van der Waals surface area contributed by atoms with Crippen molar-refractivity contribution < 1.29 is 18.0 Å². The topological polar surface area (TPSA) is 118 Å². The van der Waals surface area contributed by atoms with Crippen molar-refractivity contribution in [2.24, 2.45) is 5.14 Å². The minimum absolute atomic E-state index is 0.0118. The molecule has 0 radical (unpaired) electrons. The van der Waals surface area contributed by atoms with Crippen molar-refractivity contribution >= 4 is 27.5 Å². The summed E-state index contributed by atoms with van der Waals surface area (Å²) in [5.74, 6) is -0.531. The third-order valence-corrected chi connectivity index (χ3v) is 4.43. The second-order valence-corrected chi connectivity index (χ2v) is 7.13. The number of sulfonamides is 1. The summed E-state index contributed by atoms with van der Waals surface area (Å²) >= 11 is 0. The van der Waals surface area contributed by atoms with Crippen molar-refractivity contribution in [2.75, 3.05) is 5.32 Å². The molecule has 0 aliphatic heterocycles. The SMILES string of the molecule is CC(=O)Nc1cccc(C(=O)N[C@@H](C)c2ccc(S(N)(=O)=O)cc2)c1. The second kappa shape index (κ2) is 7.45. The summed E-state index contributed by atoms with van der Waals surface area (Å²) in [6.45, 7) is 3.17. The Bertz CT molecular complexity index is 892. The van der Waals surface area contributed by atoms with Gasteiger partial charge in [-0.1, -0.05) is 18.2 Å². The molecule has 0 aliphatic rings. The molecular weight excluding hydrogens is 342 g/mol. The highest BCUT2D eigenvalue weighted by Gasteiger charge is 2.13. The van der Waals surface area contributed by atoms with E-state index in [0.717, 1.165) is 5.56 Å². The van der Waals surface area contributed by atoms with Crippen LogP contribution in [0.1, 0.15) is 35.8 Å². The molecule has 2 aromatic carbocycles. The largest absolute Gasteiger partial charge is 0.346 e. The molecule has 0 saturated carbocycles. The van der Waals surface area contributed by atoms with E-state index in [-0.39, 0.29) is 22.8 Å². The quantitative estimate of drug-likeness (QED) is 0.752. The Hall–Kier alpha value is -2.71. The van der Waals surface area contributed by atoms with Gasteiger partial charge in [-0.05, 0) is 42.8 Å². The first kappa shape index (κ1) is 18.6. The molecule has 7 nitrogen and oxygen atoms in total. The minimum Gasteiger partial charge on any atom is -0.346 e. The molecule has 0 bridgehead atoms. The lowest BCUT2D eigenvalue weighted by Crippen LogP contribution is -2.26. The first-order valence-electron chi connectivity index (χ1n) is 7.48. The van der Waals surface area contributed by atoms with Crippen LogP contribution < -0.4 is 15.8 Å². The van der Waals surface area contributed by atoms with E-state index in [1.165, 1.54) is 19.1 Å². The molecule has 0 heterocycles. The number of nitrogens with two attached hydrogens (primary N) is 1. The van der Waals surface area contributed by atoms with Crippen LogP contribution in [0.15, 0.2) is 53.4 Å². The lowest BCUT2D eigenvalue weighted by Gasteiger charge is -2.15. The molecule has 2 amide bonds. The summed E-state index contributed by atoms with van der Waals surface area (Å²) in [6.07, 6.45) is 0. The highest BCUT2D eigenvalue weighted by atomic mass is 32.2. The van der Waals surface area contributed by atoms with Gasteiger partial charge in [-0.2, -0.15) is 0 Å². The summed E-state index contributed by atoms with van der Waals surface area (Å²) in [7, 11) is -3.75. The zero-order valence-corrected chi connectivity index (χ0v) is 14.6. The van der Waals surface area contributed by atoms with Crippen molar-refractivity contribution in [3.05, 3.63) is 59.7 Å². The van der Waals surface area contributed by atoms with E-state index < -0.39 is 10.0 Å². The van der Waals surface area contributed by atoms with E-state index in [1.54, 1.807) is 43.3 Å². The monoisotopic (exact) mass is 361 g/mol. The van der Waals surface area contributed by atoms with Crippen molar-refractivity contribution in [3.8, 4) is 0 Å². The number of nitrogens with one attached hydrogen (secondary N) is 2. The van der Waals surface area contributed by atoms with E-state index >= 15 is 0 Å². The van der Waals surface area contributed by atoms with Crippen LogP contribution in [0, 0.1) is 0 Å². The fourth-order valence-corrected chi connectivity index (χ4v) is 2.77. The summed E-state index contributed by atoms with van der Waals surface area (Å²) in [6, 6.07) is 12.2. The third-order valence-electron chi connectivity index (χ3n) is 3.50. The molecule has 8 heteroatoms. The molecule has 0 spiro atoms. The van der Waals surface area contributed by atoms with Crippen LogP contribution in [0.2, 0.25) is 0 Å². The average Bonchev–Trinajstić information content (AvgIpc) is 2.53. The van der Waals surface area contributed by atoms with Crippen LogP contribution in [0.3, 0.4) is 0 Å². The number of rotatable bonds is 5. The van der Waals surface area contributed by atoms with Gasteiger partial charge in [0.25, 0.3) is 5.91 Å². The molecule has 0 saturated heterocycles. The maximum Gasteiger partial charge on any atom is 0.251 e. The predicted octanol–water partition coefficient (Wildman–Crippen LogP) is 1.78. The summed E-state index contributed by atoms with van der Waals surface area (Å²) < 4.78 is 22.5. The van der Waals surface area contributed by atoms with Crippen LogP contribution in [0.4, 0.5) is 5.69 Å². The Labute approximate surface area is 146 Å². The zero-order valence-electron chi connectivity index (χ0n) is 13.8. The van der Waals surface area contributed by atoms with E-state index in [1.807, 2.05) is 0 Å². The normalized spacial score (nSPS) is 12.3. The van der Waals surface area contributed by atoms with Crippen molar-refractivity contribution in [1.82, 2.24) is 5.32 Å². The molecule has 0 aliphatic carbocycles. The van der Waals surface area contributed by atoms with Crippen molar-refractivity contribution in [3.63, 3.8) is 0 Å². The number of hydrogen-bond donors (Lipinski definition) is 3. The first-order chi connectivity index (χ1) is 11.7. The molecule has 2 aromatic rings. The lowest BCUT2D eigenvalue weighted by molar-refractivity contribution is -0.114. The van der Waals surface area contributed by atoms with Crippen LogP contribution in [0.5, 0.6) is 0 Å². The number of hydrogen-bond acceptors (Lipinski definition) is 4. The van der Waals surface area contributed by atoms with Gasteiger partial charge in [-0.3, -0.25) is 9.59 Å². The average molecular weight is 361 g/mol. The van der Waals surface area contributed by atoms with Gasteiger partial charge in [0.2, 0.25) is 15.9 Å². The molecular formula is C17H19N3O4S. The number of carbonyl (C=O) groups excluding carboxylic acids is 2. The van der Waals surface area contributed by atoms with Crippen molar-refractivity contribution in [2.45, 2.75) is 24.8 Å². The highest BCUT2D eigenvalue weighted by Crippen LogP contribution is 2.17. The molecule has 25 heavy (non-hydrogen) atoms. The lowest BCUT2D eigenvalue weighted by atomic mass is 10.1. The predicted molar refractivity (Wildman–Crippen MR) is 94.4 cm³/mol. The molecule has 1 atom stereocenters. The van der Waals surface area contributed by atoms with Crippen molar-refractivity contribution in [1.29, 1.82) is 0 Å². The number of anilines is 1. The van der Waals surface area contributed by atoms with Gasteiger partial charge >= 0.3 is 0 Å². The Kier molecular flexibility index (Phi) is 5.55. The Morgan fingerprint density at radius 1 is 1.08 bits per heavy atom. The van der Waals surface area contributed by atoms with Crippen LogP contribution in [0.25, 0.3) is 0 Å². The smallest absolute Gasteiger partial charge is 0.251 e. The standard InChI is InChI=1S/C17H19N3O4S/c1-11(13-6-8-16(9-7-13)25(18,23)24)19-17(22)14-4-3-5-15(10-14)20-12(2)21/h3-11H,1-2H3,(H,19,22)(H,20,21)(H2,18,23,24)/t11-/m0/s1. The maximum atomic E-state index is 12.4. The second-order valence-electron chi connectivity index (χ2n) is 5.57. The van der Waals surface area contributed by atoms with Gasteiger partial charge < -0.3 is 10.6 Å². The van der Waals surface area contributed by atoms with Gasteiger partial charge in [-0.25, -0.2) is 13.6 Å². The highest BCUT2D eigenvalue weighted by molar-refractivity contribution is 7.89. The molecule has 2 rings (SSSR count). The van der Waals surface area contributed by atoms with E-state index in [4.69, 9.17) is 5.14 Å². The molecule has 0 aromatic heterocycles. The molecule has 132 valence electrons. The third kappa shape index (κ3) is 5.13. The summed E-state index contributed by atoms with van der Waals surface area (Å²) in [5.41, 5.74) is 1.67. The minimum atomic E-state index is -3.75. The molecule has 0 fully saturated rings. The van der Waals surface area contributed by atoms with Gasteiger partial charge in [0.1, 0.15) is 0 Å². The van der Waals surface area contributed by atoms with E-state index in [0.29, 0.717) is 11.3 Å². The van der Waals surface area contributed by atoms with Gasteiger partial charge in [-0.15, -0.1) is 0 Å². The summed E-state index contributed by atoms with van der Waals surface area (Å²) in [5, 5.41) is 10.5. The van der Waals surface area contributed by atoms with Crippen LogP contribution in [-0.4, -0.2) is 20.2 Å². The van der Waals surface area contributed by atoms with E-state index in [2.05, 4.69) is 10.6 Å². The maximum absolute atomic E-state index is 12.4. The van der Waals surface area contributed by atoms with Gasteiger partial charge in [0.15, 0.2) is 0 Å². The zero-order chi connectivity index (χ0) is 18.6. The molecule has 4 N–H and O–H groups in total. The van der Waals surface area contributed by atoms with Gasteiger partial charge in [0, 0.05) is 18.2 Å². The van der Waals surface area contributed by atoms with Crippen LogP contribution in [-0.2, 0) is 14.8 Å². The first-order valence-corrected chi connectivity index (χ1v) is 9.03. The Morgan fingerprint density at radius 3 is 2.28 bits per heavy atom. The Morgan fingerprint density at radius 2 is 1.72 bits per heavy atom. The number of carbonyl (C=O) groups is 2. The number of benzene rings is 2.